The second-order valence-electron chi connectivity index (χ2n) is 2.57. The van der Waals surface area contributed by atoms with Gasteiger partial charge in [-0.3, -0.25) is 0 Å². The number of ether oxygens (including phenoxy) is 1. The molecule has 0 saturated carbocycles. The van der Waals surface area contributed by atoms with Crippen LogP contribution in [-0.2, 0) is 6.61 Å². The maximum absolute atomic E-state index is 8.83. The molecule has 0 radical (unpaired) electrons. The summed E-state index contributed by atoms with van der Waals surface area (Å²) in [6, 6.07) is 3.42. The standard InChI is InChI=1S/C8H9N3O2/c1-13-8-2-3-11-7(9-8)4-6(5-12)10-11/h2-4,12H,5H2,1H3. The molecule has 2 heterocycles. The number of nitrogens with zero attached hydrogens (tertiary/aromatic N) is 3. The van der Waals surface area contributed by atoms with Crippen molar-refractivity contribution in [3.8, 4) is 5.88 Å². The van der Waals surface area contributed by atoms with Crippen molar-refractivity contribution < 1.29 is 9.84 Å². The number of rotatable bonds is 2. The molecule has 2 rings (SSSR count). The molecule has 2 aromatic heterocycles. The lowest BCUT2D eigenvalue weighted by Crippen LogP contribution is -1.93. The summed E-state index contributed by atoms with van der Waals surface area (Å²) in [5.74, 6) is 0.539. The molecule has 0 unspecified atom stereocenters. The van der Waals surface area contributed by atoms with Crippen LogP contribution in [-0.4, -0.2) is 26.8 Å². The van der Waals surface area contributed by atoms with Gasteiger partial charge in [-0.2, -0.15) is 10.1 Å². The number of methoxy groups -OCH3 is 1. The van der Waals surface area contributed by atoms with Gasteiger partial charge in [-0.05, 0) is 0 Å². The van der Waals surface area contributed by atoms with Crippen molar-refractivity contribution in [3.63, 3.8) is 0 Å². The number of fused-ring (bicyclic) bond motifs is 1. The summed E-state index contributed by atoms with van der Waals surface area (Å²) in [7, 11) is 1.56. The van der Waals surface area contributed by atoms with E-state index in [0.717, 1.165) is 0 Å². The maximum Gasteiger partial charge on any atom is 0.216 e. The van der Waals surface area contributed by atoms with E-state index in [2.05, 4.69) is 10.1 Å². The SMILES string of the molecule is COc1ccn2nc(CO)cc2n1. The molecule has 0 aliphatic rings. The Labute approximate surface area is 74.6 Å². The van der Waals surface area contributed by atoms with Crippen LogP contribution < -0.4 is 4.74 Å². The summed E-state index contributed by atoms with van der Waals surface area (Å²) >= 11 is 0. The van der Waals surface area contributed by atoms with Crippen molar-refractivity contribution in [1.29, 1.82) is 0 Å². The van der Waals surface area contributed by atoms with Gasteiger partial charge in [-0.25, -0.2) is 4.52 Å². The summed E-state index contributed by atoms with van der Waals surface area (Å²) in [4.78, 5) is 4.13. The van der Waals surface area contributed by atoms with Crippen LogP contribution in [0.15, 0.2) is 18.3 Å². The van der Waals surface area contributed by atoms with Crippen LogP contribution in [0.2, 0.25) is 0 Å². The predicted molar refractivity (Wildman–Crippen MR) is 45.5 cm³/mol. The van der Waals surface area contributed by atoms with Crippen LogP contribution in [0.4, 0.5) is 0 Å². The number of hydrogen-bond acceptors (Lipinski definition) is 4. The zero-order chi connectivity index (χ0) is 9.26. The van der Waals surface area contributed by atoms with E-state index in [0.29, 0.717) is 17.2 Å². The lowest BCUT2D eigenvalue weighted by molar-refractivity contribution is 0.276. The molecule has 0 aliphatic carbocycles. The van der Waals surface area contributed by atoms with Gasteiger partial charge in [-0.1, -0.05) is 0 Å². The Hall–Kier alpha value is -1.62. The van der Waals surface area contributed by atoms with E-state index in [1.165, 1.54) is 0 Å². The number of aliphatic hydroxyl groups excluding tert-OH is 1. The third-order valence-corrected chi connectivity index (χ3v) is 1.72. The molecule has 5 nitrogen and oxygen atoms in total. The molecule has 0 atom stereocenters. The molecule has 0 fully saturated rings. The molecule has 0 saturated heterocycles. The van der Waals surface area contributed by atoms with Gasteiger partial charge in [0.25, 0.3) is 0 Å². The van der Waals surface area contributed by atoms with E-state index in [-0.39, 0.29) is 6.61 Å². The van der Waals surface area contributed by atoms with Gasteiger partial charge in [-0.15, -0.1) is 0 Å². The van der Waals surface area contributed by atoms with Crippen molar-refractivity contribution in [2.45, 2.75) is 6.61 Å². The summed E-state index contributed by atoms with van der Waals surface area (Å²) < 4.78 is 6.54. The Kier molecular flexibility index (Phi) is 1.86. The number of aromatic nitrogens is 3. The van der Waals surface area contributed by atoms with Gasteiger partial charge in [0.05, 0.1) is 19.4 Å². The van der Waals surface area contributed by atoms with Crippen molar-refractivity contribution in [3.05, 3.63) is 24.0 Å². The van der Waals surface area contributed by atoms with E-state index in [9.17, 15) is 0 Å². The van der Waals surface area contributed by atoms with Gasteiger partial charge >= 0.3 is 0 Å². The van der Waals surface area contributed by atoms with E-state index in [1.54, 1.807) is 30.0 Å². The van der Waals surface area contributed by atoms with Crippen LogP contribution in [0.5, 0.6) is 5.88 Å². The Morgan fingerprint density at radius 2 is 2.46 bits per heavy atom. The molecule has 0 amide bonds. The fourth-order valence-electron chi connectivity index (χ4n) is 1.10. The first-order valence-electron chi connectivity index (χ1n) is 3.83. The van der Waals surface area contributed by atoms with Crippen molar-refractivity contribution >= 4 is 5.65 Å². The Morgan fingerprint density at radius 1 is 1.62 bits per heavy atom. The minimum absolute atomic E-state index is 0.0777. The summed E-state index contributed by atoms with van der Waals surface area (Å²) in [6.07, 6.45) is 1.74. The van der Waals surface area contributed by atoms with E-state index in [4.69, 9.17) is 9.84 Å². The highest BCUT2D eigenvalue weighted by Crippen LogP contribution is 2.09. The third kappa shape index (κ3) is 1.33. The fraction of sp³-hybridized carbons (Fsp3) is 0.250. The van der Waals surface area contributed by atoms with Gasteiger partial charge < -0.3 is 9.84 Å². The van der Waals surface area contributed by atoms with Crippen LogP contribution in [0.25, 0.3) is 5.65 Å². The van der Waals surface area contributed by atoms with Gasteiger partial charge in [0.2, 0.25) is 5.88 Å². The van der Waals surface area contributed by atoms with E-state index in [1.807, 2.05) is 0 Å². The first-order chi connectivity index (χ1) is 6.33. The normalized spacial score (nSPS) is 10.6. The molecule has 13 heavy (non-hydrogen) atoms. The average Bonchev–Trinajstić information content (AvgIpc) is 2.58. The van der Waals surface area contributed by atoms with E-state index >= 15 is 0 Å². The smallest absolute Gasteiger partial charge is 0.216 e. The average molecular weight is 179 g/mol. The quantitative estimate of drug-likeness (QED) is 0.716. The highest BCUT2D eigenvalue weighted by molar-refractivity contribution is 5.40. The highest BCUT2D eigenvalue weighted by atomic mass is 16.5. The predicted octanol–water partition coefficient (Wildman–Crippen LogP) is 0.230. The van der Waals surface area contributed by atoms with Crippen molar-refractivity contribution in [2.75, 3.05) is 7.11 Å². The number of hydrogen-bond donors (Lipinski definition) is 1. The monoisotopic (exact) mass is 179 g/mol. The summed E-state index contributed by atoms with van der Waals surface area (Å²) in [5.41, 5.74) is 1.27. The second kappa shape index (κ2) is 3.02. The zero-order valence-corrected chi connectivity index (χ0v) is 7.14. The first-order valence-corrected chi connectivity index (χ1v) is 3.83. The topological polar surface area (TPSA) is 59.7 Å². The summed E-state index contributed by atoms with van der Waals surface area (Å²) in [5, 5.41) is 12.9. The van der Waals surface area contributed by atoms with Gasteiger partial charge in [0.1, 0.15) is 0 Å². The molecule has 0 spiro atoms. The minimum atomic E-state index is -0.0777. The van der Waals surface area contributed by atoms with Crippen LogP contribution >= 0.6 is 0 Å². The van der Waals surface area contributed by atoms with Crippen molar-refractivity contribution in [1.82, 2.24) is 14.6 Å². The number of aliphatic hydroxyl groups is 1. The molecular weight excluding hydrogens is 170 g/mol. The van der Waals surface area contributed by atoms with Gasteiger partial charge in [0.15, 0.2) is 5.65 Å². The van der Waals surface area contributed by atoms with E-state index < -0.39 is 0 Å². The molecular formula is C8H9N3O2. The second-order valence-corrected chi connectivity index (χ2v) is 2.57. The molecule has 68 valence electrons. The lowest BCUT2D eigenvalue weighted by Gasteiger charge is -1.96. The molecule has 1 N–H and O–H groups in total. The zero-order valence-electron chi connectivity index (χ0n) is 7.14. The molecule has 0 bridgehead atoms. The third-order valence-electron chi connectivity index (χ3n) is 1.72. The first kappa shape index (κ1) is 8.00. The van der Waals surface area contributed by atoms with Crippen LogP contribution in [0, 0.1) is 0 Å². The van der Waals surface area contributed by atoms with Crippen LogP contribution in [0.1, 0.15) is 5.69 Å². The summed E-state index contributed by atoms with van der Waals surface area (Å²) in [6.45, 7) is -0.0777. The highest BCUT2D eigenvalue weighted by Gasteiger charge is 2.02. The lowest BCUT2D eigenvalue weighted by atomic mass is 10.4. The minimum Gasteiger partial charge on any atom is -0.481 e. The van der Waals surface area contributed by atoms with Crippen LogP contribution in [0.3, 0.4) is 0 Å². The Morgan fingerprint density at radius 3 is 3.15 bits per heavy atom. The Balaban J connectivity index is 2.57. The molecule has 0 aliphatic heterocycles. The van der Waals surface area contributed by atoms with Gasteiger partial charge in [0, 0.05) is 18.3 Å². The maximum atomic E-state index is 8.83. The molecule has 5 heteroatoms. The van der Waals surface area contributed by atoms with Crippen molar-refractivity contribution in [2.24, 2.45) is 0 Å². The Bertz CT molecular complexity index is 422. The largest absolute Gasteiger partial charge is 0.481 e. The molecule has 0 aromatic carbocycles. The molecule has 2 aromatic rings. The fourth-order valence-corrected chi connectivity index (χ4v) is 1.10.